The predicted molar refractivity (Wildman–Crippen MR) is 254 cm³/mol. The van der Waals surface area contributed by atoms with Crippen molar-refractivity contribution in [1.82, 2.24) is 9.13 Å². The minimum Gasteiger partial charge on any atom is -0.315 e. The van der Waals surface area contributed by atoms with Crippen molar-refractivity contribution in [2.24, 2.45) is 0 Å². The highest BCUT2D eigenvalue weighted by molar-refractivity contribution is 7.25. The number of hydrogen-bond donors (Lipinski definition) is 0. The Morgan fingerprint density at radius 2 is 1.25 bits per heavy atom. The van der Waals surface area contributed by atoms with Crippen molar-refractivity contribution in [1.29, 1.82) is 0 Å². The lowest BCUT2D eigenvalue weighted by atomic mass is 10.0. The van der Waals surface area contributed by atoms with Crippen LogP contribution in [0.2, 0.25) is 0 Å². The van der Waals surface area contributed by atoms with Crippen molar-refractivity contribution in [3.63, 3.8) is 0 Å². The molecule has 3 nitrogen and oxygen atoms in total. The number of thiophene rings is 1. The zero-order valence-electron chi connectivity index (χ0n) is 32.8. The van der Waals surface area contributed by atoms with Gasteiger partial charge in [-0.2, -0.15) is 0 Å². The molecule has 0 radical (unpaired) electrons. The van der Waals surface area contributed by atoms with Gasteiger partial charge in [0.1, 0.15) is 0 Å². The van der Waals surface area contributed by atoms with Crippen molar-refractivity contribution >= 4 is 78.7 Å². The second-order valence-corrected chi connectivity index (χ2v) is 16.0. The van der Waals surface area contributed by atoms with Crippen molar-refractivity contribution in [3.05, 3.63) is 227 Å². The fraction of sp³-hybridized carbons (Fsp3) is 0.0182. The van der Waals surface area contributed by atoms with Gasteiger partial charge in [-0.1, -0.05) is 129 Å². The Morgan fingerprint density at radius 1 is 0.576 bits per heavy atom. The van der Waals surface area contributed by atoms with Crippen LogP contribution >= 0.6 is 11.3 Å². The normalized spacial score (nSPS) is 12.2. The van der Waals surface area contributed by atoms with Crippen LogP contribution in [0.5, 0.6) is 0 Å². The third-order valence-corrected chi connectivity index (χ3v) is 12.5. The van der Waals surface area contributed by atoms with Crippen LogP contribution in [0, 0.1) is 17.6 Å². The molecule has 0 bridgehead atoms. The molecule has 0 saturated carbocycles. The van der Waals surface area contributed by atoms with E-state index >= 15 is 0 Å². The SMILES string of the molecule is C=C/C=C\c1c(C)cccc1N(c1ccc(-c2ccc(-n3/c(=c4/c(=C)ccn4-c4ccccc4)c(=C)c4ccccc43)cc2)cc1)c1ccc2sc3ccccc3c2c1. The fourth-order valence-electron chi connectivity index (χ4n) is 8.49. The van der Waals surface area contributed by atoms with Crippen LogP contribution in [-0.4, -0.2) is 9.13 Å². The first-order valence-electron chi connectivity index (χ1n) is 19.8. The van der Waals surface area contributed by atoms with Crippen LogP contribution in [-0.2, 0) is 0 Å². The summed E-state index contributed by atoms with van der Waals surface area (Å²) in [6.07, 6.45) is 8.11. The molecule has 0 amide bonds. The first-order valence-corrected chi connectivity index (χ1v) is 20.7. The van der Waals surface area contributed by atoms with Crippen molar-refractivity contribution in [2.75, 3.05) is 4.90 Å². The minimum absolute atomic E-state index is 0.951. The number of nitrogens with zero attached hydrogens (tertiary/aromatic N) is 3. The zero-order chi connectivity index (χ0) is 40.0. The Balaban J connectivity index is 1.09. The number of aromatic nitrogens is 2. The number of fused-ring (bicyclic) bond motifs is 4. The first-order chi connectivity index (χ1) is 29.0. The molecule has 10 aromatic rings. The summed E-state index contributed by atoms with van der Waals surface area (Å²) in [6, 6.07) is 60.9. The molecule has 0 N–H and O–H groups in total. The molecular formula is C55H41N3S. The predicted octanol–water partition coefficient (Wildman–Crippen LogP) is 13.5. The van der Waals surface area contributed by atoms with Gasteiger partial charge in [-0.05, 0) is 108 Å². The fourth-order valence-corrected chi connectivity index (χ4v) is 9.58. The highest BCUT2D eigenvalue weighted by Gasteiger charge is 2.19. The quantitative estimate of drug-likeness (QED) is 0.140. The molecule has 0 unspecified atom stereocenters. The maximum atomic E-state index is 4.63. The Hall–Kier alpha value is -7.40. The van der Waals surface area contributed by atoms with E-state index < -0.39 is 0 Å². The van der Waals surface area contributed by atoms with Gasteiger partial charge in [0.25, 0.3) is 0 Å². The second-order valence-electron chi connectivity index (χ2n) is 14.9. The van der Waals surface area contributed by atoms with Gasteiger partial charge in [0.15, 0.2) is 0 Å². The van der Waals surface area contributed by atoms with Crippen molar-refractivity contribution in [3.8, 4) is 22.5 Å². The maximum absolute atomic E-state index is 4.63. The maximum Gasteiger partial charge on any atom is 0.0782 e. The van der Waals surface area contributed by atoms with E-state index in [2.05, 4.69) is 217 Å². The Morgan fingerprint density at radius 3 is 2.03 bits per heavy atom. The average molecular weight is 776 g/mol. The zero-order valence-corrected chi connectivity index (χ0v) is 33.7. The molecule has 59 heavy (non-hydrogen) atoms. The van der Waals surface area contributed by atoms with E-state index in [0.29, 0.717) is 0 Å². The van der Waals surface area contributed by atoms with Crippen LogP contribution < -0.4 is 15.3 Å². The van der Waals surface area contributed by atoms with Gasteiger partial charge in [-0.25, -0.2) is 0 Å². The van der Waals surface area contributed by atoms with Gasteiger partial charge in [0.2, 0.25) is 0 Å². The van der Waals surface area contributed by atoms with Gasteiger partial charge in [-0.15, -0.1) is 11.3 Å². The molecule has 3 heterocycles. The smallest absolute Gasteiger partial charge is 0.0782 e. The summed E-state index contributed by atoms with van der Waals surface area (Å²) in [4.78, 5) is 2.38. The Kier molecular flexibility index (Phi) is 9.05. The van der Waals surface area contributed by atoms with Gasteiger partial charge in [-0.3, -0.25) is 0 Å². The largest absolute Gasteiger partial charge is 0.315 e. The average Bonchev–Trinajstić information content (AvgIpc) is 3.94. The van der Waals surface area contributed by atoms with E-state index in [1.165, 1.54) is 25.7 Å². The minimum atomic E-state index is 0.951. The van der Waals surface area contributed by atoms with Gasteiger partial charge in [0.05, 0.1) is 21.9 Å². The molecule has 0 saturated heterocycles. The van der Waals surface area contributed by atoms with Crippen LogP contribution in [0.4, 0.5) is 17.1 Å². The van der Waals surface area contributed by atoms with E-state index in [1.54, 1.807) is 0 Å². The number of para-hydroxylation sites is 2. The summed E-state index contributed by atoms with van der Waals surface area (Å²) in [5.41, 5.74) is 11.2. The number of anilines is 3. The molecule has 0 atom stereocenters. The lowest BCUT2D eigenvalue weighted by Gasteiger charge is -2.28. The lowest BCUT2D eigenvalue weighted by Crippen LogP contribution is -2.12. The van der Waals surface area contributed by atoms with Gasteiger partial charge >= 0.3 is 0 Å². The van der Waals surface area contributed by atoms with E-state index in [9.17, 15) is 0 Å². The summed E-state index contributed by atoms with van der Waals surface area (Å²) in [6.45, 7) is 15.2. The molecule has 0 aliphatic heterocycles. The number of aryl methyl sites for hydroxylation is 1. The van der Waals surface area contributed by atoms with E-state index in [-0.39, 0.29) is 0 Å². The standard InChI is InChI=1S/C55H41N3S/c1-5-6-18-46-37(2)15-14-22-50(46)57(45-32-33-53-49(36-45)48-20-11-13-23-52(48)59-53)43-28-24-40(25-29-43)41-26-30-44(31-27-41)58-51-21-12-10-19-47(51)39(4)55(58)54-38(3)34-35-56(54)42-16-8-7-9-17-42/h5-36H,1,3-4H2,2H3/b18-6-,55-54-. The molecule has 0 aliphatic carbocycles. The molecule has 282 valence electrons. The number of hydrogen-bond acceptors (Lipinski definition) is 2. The van der Waals surface area contributed by atoms with Crippen molar-refractivity contribution in [2.45, 2.75) is 6.92 Å². The number of rotatable bonds is 8. The molecule has 7 aromatic carbocycles. The molecule has 10 rings (SSSR count). The monoisotopic (exact) mass is 775 g/mol. The van der Waals surface area contributed by atoms with Gasteiger partial charge < -0.3 is 14.0 Å². The number of allylic oxidation sites excluding steroid dienone is 2. The lowest BCUT2D eigenvalue weighted by molar-refractivity contribution is 0.970. The molecule has 0 fully saturated rings. The van der Waals surface area contributed by atoms with E-state index in [1.807, 2.05) is 29.6 Å². The van der Waals surface area contributed by atoms with Crippen LogP contribution in [0.1, 0.15) is 11.1 Å². The third-order valence-electron chi connectivity index (χ3n) is 11.4. The van der Waals surface area contributed by atoms with Gasteiger partial charge in [0, 0.05) is 65.3 Å². The summed E-state index contributed by atoms with van der Waals surface area (Å²) >= 11 is 1.84. The van der Waals surface area contributed by atoms with Crippen LogP contribution in [0.15, 0.2) is 195 Å². The van der Waals surface area contributed by atoms with Crippen LogP contribution in [0.3, 0.4) is 0 Å². The highest BCUT2D eigenvalue weighted by atomic mass is 32.1. The first kappa shape index (κ1) is 36.0. The summed E-state index contributed by atoms with van der Waals surface area (Å²) in [5.74, 6) is 0. The topological polar surface area (TPSA) is 13.1 Å². The summed E-state index contributed by atoms with van der Waals surface area (Å²) in [5, 5.41) is 7.67. The summed E-state index contributed by atoms with van der Waals surface area (Å²) < 4.78 is 7.14. The third kappa shape index (κ3) is 6.22. The Bertz CT molecular complexity index is 3440. The molecule has 3 aromatic heterocycles. The second kappa shape index (κ2) is 14.8. The summed E-state index contributed by atoms with van der Waals surface area (Å²) in [7, 11) is 0. The molecule has 0 spiro atoms. The number of benzene rings is 7. The molecular weight excluding hydrogens is 735 g/mol. The van der Waals surface area contributed by atoms with E-state index in [0.717, 1.165) is 77.2 Å². The molecule has 4 heteroatoms. The van der Waals surface area contributed by atoms with Crippen LogP contribution in [0.25, 0.3) is 72.8 Å². The Labute approximate surface area is 347 Å². The van der Waals surface area contributed by atoms with Crippen molar-refractivity contribution < 1.29 is 0 Å². The molecule has 0 aliphatic rings. The highest BCUT2D eigenvalue weighted by Crippen LogP contribution is 2.43. The van der Waals surface area contributed by atoms with E-state index in [4.69, 9.17) is 0 Å².